The van der Waals surface area contributed by atoms with Crippen LogP contribution >= 0.6 is 0 Å². The largest absolute Gasteiger partial charge is 0.530 e. The highest BCUT2D eigenvalue weighted by atomic mass is 19.1. The monoisotopic (exact) mass is 432 g/mol. The van der Waals surface area contributed by atoms with Crippen molar-refractivity contribution in [3.63, 3.8) is 0 Å². The highest BCUT2D eigenvalue weighted by Crippen LogP contribution is 2.46. The van der Waals surface area contributed by atoms with E-state index >= 15 is 0 Å². The van der Waals surface area contributed by atoms with Crippen molar-refractivity contribution in [2.75, 3.05) is 33.4 Å². The predicted molar refractivity (Wildman–Crippen MR) is 110 cm³/mol. The molecule has 0 spiro atoms. The minimum Gasteiger partial charge on any atom is -0.530 e. The Kier molecular flexibility index (Phi) is 6.90. The van der Waals surface area contributed by atoms with Gasteiger partial charge in [-0.25, -0.2) is 4.39 Å². The van der Waals surface area contributed by atoms with Crippen LogP contribution in [0.1, 0.15) is 25.3 Å². The van der Waals surface area contributed by atoms with Crippen LogP contribution < -0.4 is 19.3 Å². The molecule has 168 valence electrons. The number of nitrogens with zero attached hydrogens (tertiary/aromatic N) is 1. The van der Waals surface area contributed by atoms with Gasteiger partial charge in [0.1, 0.15) is 30.9 Å². The smallest absolute Gasteiger partial charge is 0.161 e. The summed E-state index contributed by atoms with van der Waals surface area (Å²) in [5.74, 6) is 0.973. The summed E-state index contributed by atoms with van der Waals surface area (Å²) in [7, 11) is 1.53. The molecule has 0 aliphatic carbocycles. The van der Waals surface area contributed by atoms with Crippen LogP contribution in [0.25, 0.3) is 0 Å². The minimum absolute atomic E-state index is 0.186. The standard InChI is InChI=1S/C23H28FNO6/c1-15(26)23(2)14-25(22(27)28)13-19(23)16-4-9-20(29-3)21(12-16)31-11-10-30-18-7-5-17(24)6-8-18/h4-9,12,15,19,26H,10-11,13-14H2,1-3H3,(H,27,28)/p-1. The number of aliphatic hydroxyl groups excluding tert-OH is 1. The minimum atomic E-state index is -1.25. The first-order valence-corrected chi connectivity index (χ1v) is 10.1. The van der Waals surface area contributed by atoms with Crippen molar-refractivity contribution in [2.45, 2.75) is 25.9 Å². The lowest BCUT2D eigenvalue weighted by Gasteiger charge is -2.34. The van der Waals surface area contributed by atoms with Gasteiger partial charge in [-0.15, -0.1) is 0 Å². The van der Waals surface area contributed by atoms with Crippen molar-refractivity contribution in [2.24, 2.45) is 5.41 Å². The van der Waals surface area contributed by atoms with Crippen LogP contribution in [0.4, 0.5) is 9.18 Å². The van der Waals surface area contributed by atoms with Crippen molar-refractivity contribution < 1.29 is 33.6 Å². The van der Waals surface area contributed by atoms with Gasteiger partial charge in [-0.05, 0) is 48.9 Å². The first kappa shape index (κ1) is 22.7. The Balaban J connectivity index is 1.73. The van der Waals surface area contributed by atoms with E-state index < -0.39 is 17.6 Å². The Labute approximate surface area is 181 Å². The van der Waals surface area contributed by atoms with E-state index in [0.717, 1.165) is 5.56 Å². The zero-order valence-corrected chi connectivity index (χ0v) is 17.8. The molecule has 1 heterocycles. The van der Waals surface area contributed by atoms with Crippen LogP contribution in [-0.2, 0) is 0 Å². The topological polar surface area (TPSA) is 91.3 Å². The van der Waals surface area contributed by atoms with Crippen LogP contribution in [0.5, 0.6) is 17.2 Å². The highest BCUT2D eigenvalue weighted by molar-refractivity contribution is 5.63. The molecule has 1 aliphatic rings. The highest BCUT2D eigenvalue weighted by Gasteiger charge is 2.47. The van der Waals surface area contributed by atoms with Crippen molar-refractivity contribution in [1.82, 2.24) is 4.90 Å². The average Bonchev–Trinajstić information content (AvgIpc) is 3.12. The number of benzene rings is 2. The van der Waals surface area contributed by atoms with Crippen LogP contribution in [0, 0.1) is 11.2 Å². The maximum atomic E-state index is 13.0. The maximum Gasteiger partial charge on any atom is 0.161 e. The number of carbonyl (C=O) groups excluding carboxylic acids is 1. The molecule has 7 nitrogen and oxygen atoms in total. The quantitative estimate of drug-likeness (QED) is 0.645. The molecule has 1 amide bonds. The molecule has 2 aromatic rings. The summed E-state index contributed by atoms with van der Waals surface area (Å²) in [4.78, 5) is 12.6. The zero-order valence-electron chi connectivity index (χ0n) is 17.8. The van der Waals surface area contributed by atoms with Crippen LogP contribution in [0.15, 0.2) is 42.5 Å². The van der Waals surface area contributed by atoms with Gasteiger partial charge in [0.25, 0.3) is 0 Å². The second-order valence-corrected chi connectivity index (χ2v) is 7.94. The number of methoxy groups -OCH3 is 1. The summed E-state index contributed by atoms with van der Waals surface area (Å²) in [6, 6.07) is 11.1. The third-order valence-electron chi connectivity index (χ3n) is 5.96. The van der Waals surface area contributed by atoms with E-state index in [9.17, 15) is 19.4 Å². The number of halogens is 1. The van der Waals surface area contributed by atoms with Crippen LogP contribution in [-0.4, -0.2) is 55.6 Å². The Morgan fingerprint density at radius 3 is 2.52 bits per heavy atom. The molecule has 8 heteroatoms. The van der Waals surface area contributed by atoms with Crippen molar-refractivity contribution >= 4 is 6.09 Å². The lowest BCUT2D eigenvalue weighted by atomic mass is 9.72. The number of ether oxygens (including phenoxy) is 3. The van der Waals surface area contributed by atoms with E-state index in [-0.39, 0.29) is 38.0 Å². The number of carbonyl (C=O) groups is 1. The number of likely N-dealkylation sites (tertiary alicyclic amines) is 1. The molecule has 3 unspecified atom stereocenters. The molecule has 0 bridgehead atoms. The molecule has 1 aliphatic heterocycles. The van der Waals surface area contributed by atoms with E-state index in [1.165, 1.54) is 36.3 Å². The fraction of sp³-hybridized carbons (Fsp3) is 0.435. The van der Waals surface area contributed by atoms with E-state index in [2.05, 4.69) is 0 Å². The Morgan fingerprint density at radius 1 is 1.23 bits per heavy atom. The SMILES string of the molecule is COc1ccc(C2CN(C(=O)[O-])CC2(C)C(C)O)cc1OCCOc1ccc(F)cc1. The van der Waals surface area contributed by atoms with Crippen molar-refractivity contribution in [3.8, 4) is 17.2 Å². The molecular formula is C23H27FNO6-. The molecule has 3 rings (SSSR count). The fourth-order valence-electron chi connectivity index (χ4n) is 3.93. The Bertz CT molecular complexity index is 903. The predicted octanol–water partition coefficient (Wildman–Crippen LogP) is 2.42. The summed E-state index contributed by atoms with van der Waals surface area (Å²) in [5.41, 5.74) is 0.167. The zero-order chi connectivity index (χ0) is 22.6. The molecule has 0 radical (unpaired) electrons. The molecule has 1 saturated heterocycles. The van der Waals surface area contributed by atoms with Gasteiger partial charge in [0.05, 0.1) is 13.2 Å². The normalized spacial score (nSPS) is 21.6. The third kappa shape index (κ3) is 5.02. The number of hydrogen-bond acceptors (Lipinski definition) is 6. The maximum absolute atomic E-state index is 13.0. The van der Waals surface area contributed by atoms with Crippen molar-refractivity contribution in [3.05, 3.63) is 53.8 Å². The fourth-order valence-corrected chi connectivity index (χ4v) is 3.93. The third-order valence-corrected chi connectivity index (χ3v) is 5.96. The second kappa shape index (κ2) is 9.43. The second-order valence-electron chi connectivity index (χ2n) is 7.94. The number of carboxylic acid groups (broad SMARTS) is 1. The van der Waals surface area contributed by atoms with Gasteiger partial charge in [-0.3, -0.25) is 0 Å². The number of aliphatic hydroxyl groups is 1. The number of amides is 1. The summed E-state index contributed by atoms with van der Waals surface area (Å²) >= 11 is 0. The molecule has 31 heavy (non-hydrogen) atoms. The molecule has 0 saturated carbocycles. The first-order chi connectivity index (χ1) is 14.7. The summed E-state index contributed by atoms with van der Waals surface area (Å²) < 4.78 is 29.7. The Morgan fingerprint density at radius 2 is 1.90 bits per heavy atom. The van der Waals surface area contributed by atoms with Gasteiger partial charge in [0.2, 0.25) is 0 Å². The average molecular weight is 432 g/mol. The van der Waals surface area contributed by atoms with Crippen molar-refractivity contribution in [1.29, 1.82) is 0 Å². The summed E-state index contributed by atoms with van der Waals surface area (Å²) in [5, 5.41) is 21.8. The summed E-state index contributed by atoms with van der Waals surface area (Å²) in [6.07, 6.45) is -1.98. The molecule has 2 aromatic carbocycles. The van der Waals surface area contributed by atoms with E-state index in [4.69, 9.17) is 14.2 Å². The number of hydrogen-bond donors (Lipinski definition) is 1. The molecular weight excluding hydrogens is 405 g/mol. The summed E-state index contributed by atoms with van der Waals surface area (Å²) in [6.45, 7) is 4.41. The molecule has 0 aromatic heterocycles. The Hall–Kier alpha value is -3.00. The number of rotatable bonds is 8. The van der Waals surface area contributed by atoms with Gasteiger partial charge >= 0.3 is 0 Å². The van der Waals surface area contributed by atoms with Gasteiger partial charge in [0, 0.05) is 24.4 Å². The van der Waals surface area contributed by atoms with Gasteiger partial charge in [-0.1, -0.05) is 13.0 Å². The van der Waals surface area contributed by atoms with E-state index in [0.29, 0.717) is 17.2 Å². The van der Waals surface area contributed by atoms with Gasteiger partial charge in [-0.2, -0.15) is 0 Å². The lowest BCUT2D eigenvalue weighted by Crippen LogP contribution is -2.42. The van der Waals surface area contributed by atoms with Crippen LogP contribution in [0.3, 0.4) is 0 Å². The van der Waals surface area contributed by atoms with Crippen LogP contribution in [0.2, 0.25) is 0 Å². The van der Waals surface area contributed by atoms with E-state index in [1.54, 1.807) is 19.1 Å². The molecule has 1 N–H and O–H groups in total. The van der Waals surface area contributed by atoms with Gasteiger partial charge in [0.15, 0.2) is 11.5 Å². The molecule has 1 fully saturated rings. The van der Waals surface area contributed by atoms with Gasteiger partial charge < -0.3 is 34.1 Å². The first-order valence-electron chi connectivity index (χ1n) is 10.1. The molecule has 3 atom stereocenters. The van der Waals surface area contributed by atoms with E-state index in [1.807, 2.05) is 13.0 Å². The lowest BCUT2D eigenvalue weighted by molar-refractivity contribution is -0.264.